The predicted octanol–water partition coefficient (Wildman–Crippen LogP) is 1.66. The van der Waals surface area contributed by atoms with Crippen LogP contribution in [0.3, 0.4) is 0 Å². The van der Waals surface area contributed by atoms with Gasteiger partial charge in [0.15, 0.2) is 0 Å². The normalized spacial score (nSPS) is 12.2. The van der Waals surface area contributed by atoms with E-state index in [0.717, 1.165) is 0 Å². The third-order valence-corrected chi connectivity index (χ3v) is 5.35. The summed E-state index contributed by atoms with van der Waals surface area (Å²) in [5, 5.41) is 9.17. The zero-order valence-corrected chi connectivity index (χ0v) is 12.9. The summed E-state index contributed by atoms with van der Waals surface area (Å²) < 4.78 is 27.7. The van der Waals surface area contributed by atoms with Crippen molar-refractivity contribution in [2.75, 3.05) is 6.54 Å². The van der Waals surface area contributed by atoms with Crippen LogP contribution in [0.1, 0.15) is 37.8 Å². The molecule has 6 heteroatoms. The van der Waals surface area contributed by atoms with Gasteiger partial charge in [-0.3, -0.25) is 0 Å². The van der Waals surface area contributed by atoms with E-state index in [1.165, 1.54) is 6.07 Å². The molecule has 0 spiro atoms. The van der Waals surface area contributed by atoms with Crippen LogP contribution < -0.4 is 10.5 Å². The van der Waals surface area contributed by atoms with E-state index in [4.69, 9.17) is 11.0 Å². The molecule has 1 rings (SSSR count). The molecule has 1 aromatic carbocycles. The Bertz CT molecular complexity index is 606. The lowest BCUT2D eigenvalue weighted by Gasteiger charge is -2.31. The van der Waals surface area contributed by atoms with Crippen LogP contribution in [-0.2, 0) is 10.0 Å². The monoisotopic (exact) mass is 295 g/mol. The summed E-state index contributed by atoms with van der Waals surface area (Å²) in [6.07, 6.45) is 1.18. The second kappa shape index (κ2) is 6.35. The van der Waals surface area contributed by atoms with Crippen molar-refractivity contribution in [2.24, 2.45) is 5.73 Å². The van der Waals surface area contributed by atoms with Crippen molar-refractivity contribution >= 4 is 10.0 Å². The van der Waals surface area contributed by atoms with Gasteiger partial charge in [0.1, 0.15) is 11.0 Å². The van der Waals surface area contributed by atoms with Crippen LogP contribution in [0.5, 0.6) is 0 Å². The molecule has 0 saturated heterocycles. The first kappa shape index (κ1) is 16.6. The van der Waals surface area contributed by atoms with Crippen LogP contribution >= 0.6 is 0 Å². The zero-order chi connectivity index (χ0) is 15.4. The molecule has 0 amide bonds. The Morgan fingerprint density at radius 2 is 1.95 bits per heavy atom. The van der Waals surface area contributed by atoms with Gasteiger partial charge in [0.25, 0.3) is 0 Å². The lowest BCUT2D eigenvalue weighted by atomic mass is 9.95. The maximum atomic E-state index is 12.5. The number of nitrogens with two attached hydrogens (primary N) is 1. The van der Waals surface area contributed by atoms with Gasteiger partial charge >= 0.3 is 0 Å². The topological polar surface area (TPSA) is 96.0 Å². The molecule has 0 atom stereocenters. The zero-order valence-electron chi connectivity index (χ0n) is 12.1. The van der Waals surface area contributed by atoms with E-state index in [9.17, 15) is 8.42 Å². The first-order chi connectivity index (χ1) is 9.35. The molecule has 0 fully saturated rings. The summed E-state index contributed by atoms with van der Waals surface area (Å²) in [5.41, 5.74) is 5.87. The fourth-order valence-corrected chi connectivity index (χ4v) is 3.86. The standard InChI is InChI=1S/C14H21N3O2S/c1-4-14(5-2,10-16)17-20(18,19)13-8-6-7-11(3)12(13)9-15/h6-8,17H,4-5,10,16H2,1-3H3. The Morgan fingerprint density at radius 1 is 1.35 bits per heavy atom. The highest BCUT2D eigenvalue weighted by molar-refractivity contribution is 7.89. The number of hydrogen-bond acceptors (Lipinski definition) is 4. The minimum absolute atomic E-state index is 0.0136. The van der Waals surface area contributed by atoms with Crippen molar-refractivity contribution in [1.82, 2.24) is 4.72 Å². The Kier molecular flexibility index (Phi) is 5.28. The Labute approximate surface area is 120 Å². The predicted molar refractivity (Wildman–Crippen MR) is 78.6 cm³/mol. The summed E-state index contributed by atoms with van der Waals surface area (Å²) in [6.45, 7) is 5.71. The van der Waals surface area contributed by atoms with E-state index in [0.29, 0.717) is 18.4 Å². The van der Waals surface area contributed by atoms with Crippen molar-refractivity contribution < 1.29 is 8.42 Å². The van der Waals surface area contributed by atoms with Crippen molar-refractivity contribution in [1.29, 1.82) is 5.26 Å². The molecule has 3 N–H and O–H groups in total. The first-order valence-corrected chi connectivity index (χ1v) is 8.08. The Hall–Kier alpha value is -1.42. The number of nitrogens with zero attached hydrogens (tertiary/aromatic N) is 1. The molecule has 20 heavy (non-hydrogen) atoms. The molecule has 0 radical (unpaired) electrons. The highest BCUT2D eigenvalue weighted by Crippen LogP contribution is 2.22. The summed E-state index contributed by atoms with van der Waals surface area (Å²) in [7, 11) is -3.77. The Morgan fingerprint density at radius 3 is 2.40 bits per heavy atom. The smallest absolute Gasteiger partial charge is 0.242 e. The largest absolute Gasteiger partial charge is 0.329 e. The van der Waals surface area contributed by atoms with Gasteiger partial charge in [0.05, 0.1) is 5.56 Å². The number of benzene rings is 1. The second-order valence-corrected chi connectivity index (χ2v) is 6.51. The van der Waals surface area contributed by atoms with E-state index < -0.39 is 15.6 Å². The molecule has 0 heterocycles. The van der Waals surface area contributed by atoms with Crippen molar-refractivity contribution in [3.8, 4) is 6.07 Å². The van der Waals surface area contributed by atoms with E-state index >= 15 is 0 Å². The summed E-state index contributed by atoms with van der Waals surface area (Å²) >= 11 is 0. The molecule has 1 aromatic rings. The summed E-state index contributed by atoms with van der Waals surface area (Å²) in [5.74, 6) is 0. The van der Waals surface area contributed by atoms with Gasteiger partial charge in [-0.2, -0.15) is 5.26 Å². The number of sulfonamides is 1. The molecule has 0 saturated carbocycles. The van der Waals surface area contributed by atoms with Crippen molar-refractivity contribution in [3.05, 3.63) is 29.3 Å². The quantitative estimate of drug-likeness (QED) is 0.834. The van der Waals surface area contributed by atoms with Crippen LogP contribution in [-0.4, -0.2) is 20.5 Å². The number of rotatable bonds is 6. The van der Waals surface area contributed by atoms with E-state index in [1.807, 2.05) is 19.9 Å². The third kappa shape index (κ3) is 3.18. The van der Waals surface area contributed by atoms with Crippen LogP contribution in [0.25, 0.3) is 0 Å². The van der Waals surface area contributed by atoms with E-state index in [-0.39, 0.29) is 17.0 Å². The fraction of sp³-hybridized carbons (Fsp3) is 0.500. The molecule has 5 nitrogen and oxygen atoms in total. The van der Waals surface area contributed by atoms with E-state index in [2.05, 4.69) is 4.72 Å². The van der Waals surface area contributed by atoms with Crippen LogP contribution in [0, 0.1) is 18.3 Å². The van der Waals surface area contributed by atoms with Gasteiger partial charge in [0, 0.05) is 12.1 Å². The first-order valence-electron chi connectivity index (χ1n) is 6.59. The van der Waals surface area contributed by atoms with Gasteiger partial charge in [0.2, 0.25) is 10.0 Å². The second-order valence-electron chi connectivity index (χ2n) is 4.86. The lowest BCUT2D eigenvalue weighted by Crippen LogP contribution is -2.52. The average Bonchev–Trinajstić information content (AvgIpc) is 2.44. The molecule has 0 aliphatic rings. The SMILES string of the molecule is CCC(CC)(CN)NS(=O)(=O)c1cccc(C)c1C#N. The minimum atomic E-state index is -3.77. The van der Waals surface area contributed by atoms with Crippen LogP contribution in [0.15, 0.2) is 23.1 Å². The maximum Gasteiger partial charge on any atom is 0.242 e. The van der Waals surface area contributed by atoms with Crippen molar-refractivity contribution in [3.63, 3.8) is 0 Å². The number of nitriles is 1. The molecule has 0 bridgehead atoms. The van der Waals surface area contributed by atoms with Gasteiger partial charge < -0.3 is 5.73 Å². The molecule has 0 aromatic heterocycles. The van der Waals surface area contributed by atoms with Gasteiger partial charge in [-0.1, -0.05) is 26.0 Å². The van der Waals surface area contributed by atoms with Crippen LogP contribution in [0.4, 0.5) is 0 Å². The van der Waals surface area contributed by atoms with Crippen LogP contribution in [0.2, 0.25) is 0 Å². The summed E-state index contributed by atoms with van der Waals surface area (Å²) in [4.78, 5) is 0.0136. The number of nitrogens with one attached hydrogen (secondary N) is 1. The molecule has 110 valence electrons. The number of aryl methyl sites for hydroxylation is 1. The molecule has 0 aliphatic heterocycles. The molecule has 0 unspecified atom stereocenters. The molecular formula is C14H21N3O2S. The lowest BCUT2D eigenvalue weighted by molar-refractivity contribution is 0.363. The minimum Gasteiger partial charge on any atom is -0.329 e. The maximum absolute atomic E-state index is 12.5. The van der Waals surface area contributed by atoms with E-state index in [1.54, 1.807) is 19.1 Å². The highest BCUT2D eigenvalue weighted by Gasteiger charge is 2.32. The highest BCUT2D eigenvalue weighted by atomic mass is 32.2. The Balaban J connectivity index is 3.32. The van der Waals surface area contributed by atoms with Crippen molar-refractivity contribution in [2.45, 2.75) is 44.0 Å². The molecular weight excluding hydrogens is 274 g/mol. The summed E-state index contributed by atoms with van der Waals surface area (Å²) in [6, 6.07) is 6.75. The number of hydrogen-bond donors (Lipinski definition) is 2. The fourth-order valence-electron chi connectivity index (χ4n) is 2.07. The third-order valence-electron chi connectivity index (χ3n) is 3.73. The van der Waals surface area contributed by atoms with Gasteiger partial charge in [-0.25, -0.2) is 13.1 Å². The molecule has 0 aliphatic carbocycles. The average molecular weight is 295 g/mol. The van der Waals surface area contributed by atoms with Gasteiger partial charge in [-0.05, 0) is 31.4 Å². The van der Waals surface area contributed by atoms with Gasteiger partial charge in [-0.15, -0.1) is 0 Å².